The molecule has 0 fully saturated rings. The maximum absolute atomic E-state index is 13.1. The van der Waals surface area contributed by atoms with Gasteiger partial charge in [0.05, 0.1) is 26.4 Å². The molecule has 0 radical (unpaired) electrons. The van der Waals surface area contributed by atoms with Gasteiger partial charge in [0, 0.05) is 25.7 Å². The Kier molecular flexibility index (Phi) is 66.5. The predicted octanol–water partition coefficient (Wildman–Crippen LogP) is 22.3. The number of hydrogen-bond donors (Lipinski definition) is 3. The van der Waals surface area contributed by atoms with Gasteiger partial charge in [-0.3, -0.25) is 37.3 Å². The monoisotopic (exact) mass is 1400 g/mol. The first kappa shape index (κ1) is 93.1. The molecule has 3 N–H and O–H groups in total. The summed E-state index contributed by atoms with van der Waals surface area (Å²) >= 11 is 0. The predicted molar refractivity (Wildman–Crippen MR) is 386 cm³/mol. The van der Waals surface area contributed by atoms with Crippen molar-refractivity contribution in [3.05, 3.63) is 0 Å². The molecule has 0 bridgehead atoms. The number of unbranched alkanes of at least 4 members (excludes halogenated alkanes) is 45. The van der Waals surface area contributed by atoms with Gasteiger partial charge in [0.1, 0.15) is 19.3 Å². The first-order valence-corrected chi connectivity index (χ1v) is 42.5. The molecule has 0 rings (SSSR count). The third-order valence-electron chi connectivity index (χ3n) is 17.7. The van der Waals surface area contributed by atoms with E-state index in [0.29, 0.717) is 25.7 Å². The molecular weight excluding hydrogens is 1250 g/mol. The highest BCUT2D eigenvalue weighted by Crippen LogP contribution is 2.45. The van der Waals surface area contributed by atoms with Crippen LogP contribution in [0.4, 0.5) is 0 Å². The molecule has 0 saturated carbocycles. The van der Waals surface area contributed by atoms with Crippen molar-refractivity contribution in [3.63, 3.8) is 0 Å². The Hall–Kier alpha value is -1.94. The molecule has 564 valence electrons. The summed E-state index contributed by atoms with van der Waals surface area (Å²) in [5, 5.41) is 10.6. The molecule has 0 aliphatic carbocycles. The highest BCUT2D eigenvalue weighted by atomic mass is 31.2. The molecule has 0 heterocycles. The third-order valence-corrected chi connectivity index (χ3v) is 19.6. The second kappa shape index (κ2) is 67.9. The Bertz CT molecular complexity index is 1840. The average Bonchev–Trinajstić information content (AvgIpc) is 1.79. The smallest absolute Gasteiger partial charge is 0.462 e. The first-order valence-electron chi connectivity index (χ1n) is 39.5. The lowest BCUT2D eigenvalue weighted by Crippen LogP contribution is -2.30. The van der Waals surface area contributed by atoms with E-state index in [2.05, 4.69) is 41.5 Å². The van der Waals surface area contributed by atoms with E-state index in [1.165, 1.54) is 205 Å². The van der Waals surface area contributed by atoms with Gasteiger partial charge < -0.3 is 33.8 Å². The number of aliphatic hydroxyl groups excluding tert-OH is 1. The van der Waals surface area contributed by atoms with Gasteiger partial charge in [-0.25, -0.2) is 9.13 Å². The minimum absolute atomic E-state index is 0.105. The van der Waals surface area contributed by atoms with Gasteiger partial charge in [0.15, 0.2) is 12.2 Å². The van der Waals surface area contributed by atoms with E-state index >= 15 is 0 Å². The van der Waals surface area contributed by atoms with Crippen molar-refractivity contribution in [3.8, 4) is 0 Å². The number of esters is 4. The number of phosphoric ester groups is 2. The second-order valence-corrected chi connectivity index (χ2v) is 31.3. The van der Waals surface area contributed by atoms with Gasteiger partial charge in [0.25, 0.3) is 0 Å². The van der Waals surface area contributed by atoms with Gasteiger partial charge in [-0.15, -0.1) is 0 Å². The summed E-state index contributed by atoms with van der Waals surface area (Å²) in [6, 6.07) is 0. The van der Waals surface area contributed by atoms with Crippen LogP contribution in [0.3, 0.4) is 0 Å². The molecule has 0 aromatic carbocycles. The fraction of sp³-hybridized carbons (Fsp3) is 0.947. The topological polar surface area (TPSA) is 237 Å². The maximum Gasteiger partial charge on any atom is 0.472 e. The summed E-state index contributed by atoms with van der Waals surface area (Å²) < 4.78 is 68.4. The van der Waals surface area contributed by atoms with Crippen LogP contribution < -0.4 is 0 Å². The fourth-order valence-electron chi connectivity index (χ4n) is 11.7. The van der Waals surface area contributed by atoms with Crippen LogP contribution in [-0.2, 0) is 65.4 Å². The molecule has 2 unspecified atom stereocenters. The minimum atomic E-state index is -4.96. The molecule has 0 spiro atoms. The van der Waals surface area contributed by atoms with Crippen LogP contribution in [-0.4, -0.2) is 96.7 Å². The van der Waals surface area contributed by atoms with E-state index in [9.17, 15) is 43.2 Å². The Morgan fingerprint density at radius 3 is 0.716 bits per heavy atom. The number of phosphoric acid groups is 2. The van der Waals surface area contributed by atoms with E-state index < -0.39 is 97.5 Å². The second-order valence-electron chi connectivity index (χ2n) is 28.3. The van der Waals surface area contributed by atoms with Crippen LogP contribution in [0.15, 0.2) is 0 Å². The van der Waals surface area contributed by atoms with E-state index in [4.69, 9.17) is 37.0 Å². The van der Waals surface area contributed by atoms with Crippen molar-refractivity contribution < 1.29 is 80.2 Å². The van der Waals surface area contributed by atoms with Gasteiger partial charge in [-0.2, -0.15) is 0 Å². The zero-order chi connectivity index (χ0) is 70.0. The van der Waals surface area contributed by atoms with Gasteiger partial charge in [-0.1, -0.05) is 343 Å². The van der Waals surface area contributed by atoms with E-state index in [0.717, 1.165) is 108 Å². The molecule has 0 saturated heterocycles. The molecular formula is C76H148O17P2. The summed E-state index contributed by atoms with van der Waals surface area (Å²) in [6.07, 6.45) is 55.7. The van der Waals surface area contributed by atoms with E-state index in [-0.39, 0.29) is 25.7 Å². The Morgan fingerprint density at radius 2 is 0.484 bits per heavy atom. The highest BCUT2D eigenvalue weighted by molar-refractivity contribution is 7.47. The number of aliphatic hydroxyl groups is 1. The standard InChI is InChI=1S/C76H148O17P2/c1-7-9-11-13-15-17-18-19-24-28-31-34-41-47-53-59-74(79)87-65-72(92-75(80)60-54-48-42-35-32-29-26-23-21-20-22-25-27-30-33-38-44-50-56-68(3)4)67-91-95(84,85)89-63-70(77)62-88-94(82,83)90-66-71(64-86-73(78)58-52-46-40-16-14-12-10-8-2)93-76(81)61-55-49-43-37-36-39-45-51-57-69(5)6/h68-72,77H,7-67H2,1-6H3,(H,82,83)(H,84,85)/t70-,71+,72+/m0/s1. The lowest BCUT2D eigenvalue weighted by Gasteiger charge is -2.21. The Morgan fingerprint density at radius 1 is 0.284 bits per heavy atom. The molecule has 0 amide bonds. The van der Waals surface area contributed by atoms with Crippen LogP contribution in [0.25, 0.3) is 0 Å². The first-order chi connectivity index (χ1) is 45.9. The molecule has 17 nitrogen and oxygen atoms in total. The van der Waals surface area contributed by atoms with Crippen molar-refractivity contribution in [2.24, 2.45) is 11.8 Å². The Labute approximate surface area is 581 Å². The van der Waals surface area contributed by atoms with Crippen molar-refractivity contribution in [2.75, 3.05) is 39.6 Å². The summed E-state index contributed by atoms with van der Waals surface area (Å²) in [4.78, 5) is 72.7. The van der Waals surface area contributed by atoms with Crippen LogP contribution in [0.1, 0.15) is 395 Å². The summed E-state index contributed by atoms with van der Waals surface area (Å²) in [5.74, 6) is -0.581. The fourth-order valence-corrected chi connectivity index (χ4v) is 13.2. The number of rotatable bonds is 75. The van der Waals surface area contributed by atoms with Crippen molar-refractivity contribution in [2.45, 2.75) is 413 Å². The van der Waals surface area contributed by atoms with E-state index in [1.54, 1.807) is 0 Å². The number of carbonyl (C=O) groups excluding carboxylic acids is 4. The summed E-state index contributed by atoms with van der Waals surface area (Å²) in [7, 11) is -9.91. The lowest BCUT2D eigenvalue weighted by molar-refractivity contribution is -0.161. The molecule has 0 aromatic heterocycles. The van der Waals surface area contributed by atoms with Crippen LogP contribution in [0.2, 0.25) is 0 Å². The molecule has 5 atom stereocenters. The summed E-state index contributed by atoms with van der Waals surface area (Å²) in [5.41, 5.74) is 0. The van der Waals surface area contributed by atoms with Crippen LogP contribution in [0, 0.1) is 11.8 Å². The van der Waals surface area contributed by atoms with Gasteiger partial charge >= 0.3 is 39.5 Å². The SMILES string of the molecule is CCCCCCCCCCCCCCCCCC(=O)OC[C@H](COP(=O)(O)OC[C@@H](O)COP(=O)(O)OC[C@@H](COC(=O)CCCCCCCCCC)OC(=O)CCCCCCCCCCC(C)C)OC(=O)CCCCCCCCCCCCCCCCCCCCC(C)C. The zero-order valence-electron chi connectivity index (χ0n) is 62.0. The van der Waals surface area contributed by atoms with Crippen molar-refractivity contribution in [1.82, 2.24) is 0 Å². The quantitative estimate of drug-likeness (QED) is 0.0222. The summed E-state index contributed by atoms with van der Waals surface area (Å²) in [6.45, 7) is 9.56. The molecule has 0 aliphatic heterocycles. The number of ether oxygens (including phenoxy) is 4. The lowest BCUT2D eigenvalue weighted by atomic mass is 10.0. The van der Waals surface area contributed by atoms with E-state index in [1.807, 2.05) is 0 Å². The number of carbonyl (C=O) groups is 4. The van der Waals surface area contributed by atoms with Crippen LogP contribution in [0.5, 0.6) is 0 Å². The third kappa shape index (κ3) is 70.3. The largest absolute Gasteiger partial charge is 0.472 e. The van der Waals surface area contributed by atoms with Crippen molar-refractivity contribution in [1.29, 1.82) is 0 Å². The maximum atomic E-state index is 13.1. The van der Waals surface area contributed by atoms with Gasteiger partial charge in [-0.05, 0) is 37.5 Å². The molecule has 0 aromatic rings. The normalized spacial score (nSPS) is 14.0. The molecule has 95 heavy (non-hydrogen) atoms. The Balaban J connectivity index is 5.18. The molecule has 0 aliphatic rings. The highest BCUT2D eigenvalue weighted by Gasteiger charge is 2.30. The zero-order valence-corrected chi connectivity index (χ0v) is 63.8. The van der Waals surface area contributed by atoms with Crippen LogP contribution >= 0.6 is 15.6 Å². The molecule has 19 heteroatoms. The number of hydrogen-bond acceptors (Lipinski definition) is 15. The van der Waals surface area contributed by atoms with Crippen molar-refractivity contribution >= 4 is 39.5 Å². The van der Waals surface area contributed by atoms with Gasteiger partial charge in [0.2, 0.25) is 0 Å². The average molecular weight is 1400 g/mol. The minimum Gasteiger partial charge on any atom is -0.462 e.